The van der Waals surface area contributed by atoms with Gasteiger partial charge in [-0.15, -0.1) is 0 Å². The fraction of sp³-hybridized carbons (Fsp3) is 0.429. The zero-order chi connectivity index (χ0) is 13.9. The van der Waals surface area contributed by atoms with E-state index < -0.39 is 0 Å². The molecule has 2 aromatic rings. The summed E-state index contributed by atoms with van der Waals surface area (Å²) >= 11 is 4.03. The molecule has 1 saturated carbocycles. The normalized spacial score (nSPS) is 15.9. The molecule has 0 aliphatic heterocycles. The van der Waals surface area contributed by atoms with Crippen LogP contribution in [0.25, 0.3) is 5.69 Å². The molecule has 1 fully saturated rings. The second-order valence-corrected chi connectivity index (χ2v) is 7.15. The molecule has 0 spiro atoms. The van der Waals surface area contributed by atoms with E-state index >= 15 is 0 Å². The second-order valence-electron chi connectivity index (χ2n) is 4.86. The molecular formula is C14H16IN3OS. The molecule has 0 aromatic carbocycles. The Morgan fingerprint density at radius 2 is 2.20 bits per heavy atom. The topological polar surface area (TPSA) is 50.9 Å². The van der Waals surface area contributed by atoms with Crippen molar-refractivity contribution in [3.63, 3.8) is 0 Å². The largest absolute Gasteiger partial charge is 0.390 e. The van der Waals surface area contributed by atoms with Crippen molar-refractivity contribution < 1.29 is 5.11 Å². The lowest BCUT2D eigenvalue weighted by atomic mass is 10.4. The van der Waals surface area contributed by atoms with Gasteiger partial charge in [0.05, 0.1) is 24.2 Å². The highest BCUT2D eigenvalue weighted by atomic mass is 127. The van der Waals surface area contributed by atoms with Crippen molar-refractivity contribution in [3.05, 3.63) is 33.9 Å². The SMILES string of the molecule is OCc1c(I)nc(SC2CCCC2)n1-c1cccnc1. The van der Waals surface area contributed by atoms with Crippen molar-refractivity contribution in [2.24, 2.45) is 0 Å². The predicted octanol–water partition coefficient (Wildman–Crippen LogP) is 3.40. The van der Waals surface area contributed by atoms with Crippen LogP contribution in [0.1, 0.15) is 31.4 Å². The lowest BCUT2D eigenvalue weighted by Gasteiger charge is -2.12. The lowest BCUT2D eigenvalue weighted by molar-refractivity contribution is 0.273. The van der Waals surface area contributed by atoms with Gasteiger partial charge in [-0.1, -0.05) is 24.6 Å². The molecule has 0 amide bonds. The zero-order valence-electron chi connectivity index (χ0n) is 11.0. The molecule has 0 saturated heterocycles. The number of halogens is 1. The highest BCUT2D eigenvalue weighted by Gasteiger charge is 2.22. The van der Waals surface area contributed by atoms with Crippen LogP contribution < -0.4 is 0 Å². The van der Waals surface area contributed by atoms with Crippen LogP contribution in [0, 0.1) is 3.70 Å². The van der Waals surface area contributed by atoms with E-state index in [2.05, 4.69) is 32.6 Å². The number of rotatable bonds is 4. The number of hydrogen-bond donors (Lipinski definition) is 1. The van der Waals surface area contributed by atoms with Gasteiger partial charge < -0.3 is 5.11 Å². The number of imidazole rings is 1. The Balaban J connectivity index is 2.00. The van der Waals surface area contributed by atoms with Crippen LogP contribution in [-0.4, -0.2) is 24.9 Å². The Kier molecular flexibility index (Phi) is 4.62. The summed E-state index contributed by atoms with van der Waals surface area (Å²) in [6.45, 7) is -0.00854. The number of aliphatic hydroxyl groups excluding tert-OH is 1. The molecule has 1 aliphatic rings. The Morgan fingerprint density at radius 1 is 1.40 bits per heavy atom. The summed E-state index contributed by atoms with van der Waals surface area (Å²) in [5.74, 6) is 0. The molecule has 0 radical (unpaired) electrons. The first kappa shape index (κ1) is 14.3. The first-order valence-electron chi connectivity index (χ1n) is 6.74. The number of aromatic nitrogens is 3. The van der Waals surface area contributed by atoms with Crippen molar-refractivity contribution in [1.82, 2.24) is 14.5 Å². The zero-order valence-corrected chi connectivity index (χ0v) is 14.0. The van der Waals surface area contributed by atoms with Crippen LogP contribution >= 0.6 is 34.4 Å². The third-order valence-corrected chi connectivity index (χ3v) is 5.67. The van der Waals surface area contributed by atoms with E-state index in [0.717, 1.165) is 20.2 Å². The van der Waals surface area contributed by atoms with E-state index in [9.17, 15) is 5.11 Å². The average Bonchev–Trinajstić information content (AvgIpc) is 3.07. The van der Waals surface area contributed by atoms with Crippen molar-refractivity contribution >= 4 is 34.4 Å². The van der Waals surface area contributed by atoms with Gasteiger partial charge in [-0.2, -0.15) is 0 Å². The predicted molar refractivity (Wildman–Crippen MR) is 88.1 cm³/mol. The minimum Gasteiger partial charge on any atom is -0.390 e. The fourth-order valence-corrected chi connectivity index (χ4v) is 4.66. The standard InChI is InChI=1S/C14H16IN3OS/c15-13-12(9-19)18(10-4-3-7-16-8-10)14(17-13)20-11-5-1-2-6-11/h3-4,7-8,11,19H,1-2,5-6,9H2. The van der Waals surface area contributed by atoms with E-state index in [1.165, 1.54) is 25.7 Å². The van der Waals surface area contributed by atoms with Crippen LogP contribution in [0.15, 0.2) is 29.7 Å². The molecule has 20 heavy (non-hydrogen) atoms. The minimum absolute atomic E-state index is 0.00854. The molecule has 1 aliphatic carbocycles. The first-order chi connectivity index (χ1) is 9.79. The molecular weight excluding hydrogens is 385 g/mol. The molecule has 6 heteroatoms. The molecule has 106 valence electrons. The molecule has 0 atom stereocenters. The second kappa shape index (κ2) is 6.44. The maximum Gasteiger partial charge on any atom is 0.174 e. The summed E-state index contributed by atoms with van der Waals surface area (Å²) in [7, 11) is 0. The van der Waals surface area contributed by atoms with E-state index in [-0.39, 0.29) is 6.61 Å². The molecule has 2 heterocycles. The van der Waals surface area contributed by atoms with Crippen molar-refractivity contribution in [2.45, 2.75) is 42.7 Å². The third kappa shape index (κ3) is 2.87. The van der Waals surface area contributed by atoms with Gasteiger partial charge in [0.25, 0.3) is 0 Å². The van der Waals surface area contributed by atoms with Gasteiger partial charge in [0.2, 0.25) is 0 Å². The van der Waals surface area contributed by atoms with E-state index in [1.807, 2.05) is 34.7 Å². The first-order valence-corrected chi connectivity index (χ1v) is 8.70. The van der Waals surface area contributed by atoms with Gasteiger partial charge in [0.15, 0.2) is 5.16 Å². The van der Waals surface area contributed by atoms with Crippen LogP contribution in [-0.2, 0) is 6.61 Å². The van der Waals surface area contributed by atoms with Crippen LogP contribution in [0.4, 0.5) is 0 Å². The van der Waals surface area contributed by atoms with Gasteiger partial charge >= 0.3 is 0 Å². The molecule has 2 aromatic heterocycles. The Morgan fingerprint density at radius 3 is 2.85 bits per heavy atom. The minimum atomic E-state index is -0.00854. The van der Waals surface area contributed by atoms with E-state index in [0.29, 0.717) is 5.25 Å². The van der Waals surface area contributed by atoms with Crippen molar-refractivity contribution in [3.8, 4) is 5.69 Å². The Bertz CT molecular complexity index is 582. The number of thioether (sulfide) groups is 1. The van der Waals surface area contributed by atoms with Gasteiger partial charge in [-0.25, -0.2) is 4.98 Å². The Hall–Kier alpha value is -0.600. The highest BCUT2D eigenvalue weighted by molar-refractivity contribution is 14.1. The summed E-state index contributed by atoms with van der Waals surface area (Å²) in [5, 5.41) is 11.3. The van der Waals surface area contributed by atoms with Gasteiger partial charge in [0.1, 0.15) is 3.70 Å². The van der Waals surface area contributed by atoms with E-state index in [4.69, 9.17) is 0 Å². The van der Waals surface area contributed by atoms with Crippen LogP contribution in [0.3, 0.4) is 0 Å². The van der Waals surface area contributed by atoms with Gasteiger partial charge in [0, 0.05) is 11.4 Å². The third-order valence-electron chi connectivity index (χ3n) is 3.52. The number of hydrogen-bond acceptors (Lipinski definition) is 4. The lowest BCUT2D eigenvalue weighted by Crippen LogP contribution is -2.05. The van der Waals surface area contributed by atoms with Crippen LogP contribution in [0.5, 0.6) is 0 Å². The Labute approximate surface area is 136 Å². The van der Waals surface area contributed by atoms with Crippen molar-refractivity contribution in [1.29, 1.82) is 0 Å². The van der Waals surface area contributed by atoms with Crippen molar-refractivity contribution in [2.75, 3.05) is 0 Å². The molecule has 0 unspecified atom stereocenters. The summed E-state index contributed by atoms with van der Waals surface area (Å²) in [6.07, 6.45) is 8.72. The molecule has 0 bridgehead atoms. The molecule has 1 N–H and O–H groups in total. The summed E-state index contributed by atoms with van der Waals surface area (Å²) in [4.78, 5) is 8.82. The summed E-state index contributed by atoms with van der Waals surface area (Å²) < 4.78 is 2.91. The quantitative estimate of drug-likeness (QED) is 0.799. The highest BCUT2D eigenvalue weighted by Crippen LogP contribution is 2.36. The maximum atomic E-state index is 9.64. The molecule has 3 rings (SSSR count). The van der Waals surface area contributed by atoms with Gasteiger partial charge in [-0.3, -0.25) is 9.55 Å². The average molecular weight is 401 g/mol. The maximum absolute atomic E-state index is 9.64. The monoisotopic (exact) mass is 401 g/mol. The summed E-state index contributed by atoms with van der Waals surface area (Å²) in [6, 6.07) is 3.91. The summed E-state index contributed by atoms with van der Waals surface area (Å²) in [5.41, 5.74) is 1.81. The fourth-order valence-electron chi connectivity index (χ4n) is 2.53. The molecule has 4 nitrogen and oxygen atoms in total. The number of nitrogens with zero attached hydrogens (tertiary/aromatic N) is 3. The van der Waals surface area contributed by atoms with Crippen LogP contribution in [0.2, 0.25) is 0 Å². The smallest absolute Gasteiger partial charge is 0.174 e. The van der Waals surface area contributed by atoms with E-state index in [1.54, 1.807) is 6.20 Å². The number of aliphatic hydroxyl groups is 1. The van der Waals surface area contributed by atoms with Gasteiger partial charge in [-0.05, 0) is 47.6 Å². The number of pyridine rings is 1.